The Morgan fingerprint density at radius 2 is 2.21 bits per heavy atom. The molecule has 1 heterocycles. The van der Waals surface area contributed by atoms with Crippen LogP contribution in [-0.4, -0.2) is 17.9 Å². The third-order valence-electron chi connectivity index (χ3n) is 1.60. The zero-order valence-corrected chi connectivity index (χ0v) is 7.47. The van der Waals surface area contributed by atoms with Crippen LogP contribution in [0.25, 0.3) is 0 Å². The van der Waals surface area contributed by atoms with E-state index >= 15 is 0 Å². The molecular weight excluding hydrogens is 197 g/mol. The lowest BCUT2D eigenvalue weighted by molar-refractivity contribution is -0.135. The fourth-order valence-corrected chi connectivity index (χ4v) is 0.959. The van der Waals surface area contributed by atoms with Gasteiger partial charge in [0.15, 0.2) is 0 Å². The van der Waals surface area contributed by atoms with Crippen LogP contribution in [0, 0.1) is 0 Å². The molecule has 0 aromatic carbocycles. The fourth-order valence-electron chi connectivity index (χ4n) is 0.959. The van der Waals surface area contributed by atoms with Crippen LogP contribution in [0.1, 0.15) is 18.6 Å². The van der Waals surface area contributed by atoms with E-state index in [4.69, 9.17) is 4.52 Å². The van der Waals surface area contributed by atoms with Crippen molar-refractivity contribution in [1.82, 2.24) is 10.5 Å². The van der Waals surface area contributed by atoms with Crippen molar-refractivity contribution in [3.63, 3.8) is 0 Å². The second kappa shape index (κ2) is 4.99. The van der Waals surface area contributed by atoms with E-state index in [-0.39, 0.29) is 6.42 Å². The summed E-state index contributed by atoms with van der Waals surface area (Å²) in [6.45, 7) is 0.734. The lowest BCUT2D eigenvalue weighted by Crippen LogP contribution is -2.17. The van der Waals surface area contributed by atoms with E-state index < -0.39 is 12.6 Å². The first-order chi connectivity index (χ1) is 6.58. The van der Waals surface area contributed by atoms with Gasteiger partial charge in [0.2, 0.25) is 0 Å². The molecule has 0 radical (unpaired) electrons. The van der Waals surface area contributed by atoms with E-state index in [0.717, 1.165) is 0 Å². The Bertz CT molecular complexity index is 246. The normalized spacial score (nSPS) is 11.9. The van der Waals surface area contributed by atoms with Crippen LogP contribution in [0.2, 0.25) is 0 Å². The van der Waals surface area contributed by atoms with Crippen LogP contribution >= 0.6 is 0 Å². The molecule has 0 aliphatic rings. The van der Waals surface area contributed by atoms with Gasteiger partial charge in [-0.05, 0) is 13.0 Å². The molecule has 0 aliphatic carbocycles. The predicted molar refractivity (Wildman–Crippen MR) is 43.5 cm³/mol. The molecule has 0 unspecified atom stereocenters. The molecule has 1 rings (SSSR count). The summed E-state index contributed by atoms with van der Waals surface area (Å²) < 4.78 is 39.8. The van der Waals surface area contributed by atoms with Crippen LogP contribution < -0.4 is 5.32 Å². The fraction of sp³-hybridized carbons (Fsp3) is 0.625. The molecule has 3 nitrogen and oxygen atoms in total. The maximum Gasteiger partial charge on any atom is 0.389 e. The van der Waals surface area contributed by atoms with Crippen molar-refractivity contribution in [1.29, 1.82) is 0 Å². The maximum atomic E-state index is 11.7. The first kappa shape index (κ1) is 11.0. The Morgan fingerprint density at radius 3 is 2.79 bits per heavy atom. The molecule has 0 bridgehead atoms. The Hall–Kier alpha value is -1.04. The smallest absolute Gasteiger partial charge is 0.360 e. The van der Waals surface area contributed by atoms with Gasteiger partial charge >= 0.3 is 6.18 Å². The minimum absolute atomic E-state index is 0.0810. The molecule has 0 spiro atoms. The minimum atomic E-state index is -4.06. The monoisotopic (exact) mass is 208 g/mol. The van der Waals surface area contributed by atoms with Crippen molar-refractivity contribution in [2.45, 2.75) is 25.6 Å². The molecule has 1 N–H and O–H groups in total. The summed E-state index contributed by atoms with van der Waals surface area (Å²) in [7, 11) is 0. The lowest BCUT2D eigenvalue weighted by atomic mass is 10.3. The van der Waals surface area contributed by atoms with Gasteiger partial charge in [0.1, 0.15) is 5.76 Å². The van der Waals surface area contributed by atoms with E-state index in [1.165, 1.54) is 6.20 Å². The minimum Gasteiger partial charge on any atom is -0.360 e. The highest BCUT2D eigenvalue weighted by Crippen LogP contribution is 2.20. The predicted octanol–water partition coefficient (Wildman–Crippen LogP) is 2.11. The number of hydrogen-bond acceptors (Lipinski definition) is 3. The Labute approximate surface area is 79.3 Å². The number of hydrogen-bond donors (Lipinski definition) is 1. The molecule has 0 amide bonds. The topological polar surface area (TPSA) is 38.1 Å². The van der Waals surface area contributed by atoms with Crippen LogP contribution in [0.15, 0.2) is 16.8 Å². The van der Waals surface area contributed by atoms with E-state index in [1.807, 2.05) is 0 Å². The van der Waals surface area contributed by atoms with Gasteiger partial charge in [0.25, 0.3) is 0 Å². The maximum absolute atomic E-state index is 11.7. The van der Waals surface area contributed by atoms with Crippen molar-refractivity contribution in [3.05, 3.63) is 18.0 Å². The van der Waals surface area contributed by atoms with Gasteiger partial charge in [-0.25, -0.2) is 0 Å². The van der Waals surface area contributed by atoms with Crippen LogP contribution in [0.3, 0.4) is 0 Å². The van der Waals surface area contributed by atoms with Gasteiger partial charge in [-0.1, -0.05) is 5.16 Å². The summed E-state index contributed by atoms with van der Waals surface area (Å²) in [6, 6.07) is 1.66. The van der Waals surface area contributed by atoms with E-state index in [9.17, 15) is 13.2 Å². The van der Waals surface area contributed by atoms with Crippen molar-refractivity contribution >= 4 is 0 Å². The molecule has 0 atom stereocenters. The van der Waals surface area contributed by atoms with E-state index in [1.54, 1.807) is 6.07 Å². The van der Waals surface area contributed by atoms with Crippen LogP contribution in [-0.2, 0) is 6.54 Å². The van der Waals surface area contributed by atoms with Gasteiger partial charge in [-0.3, -0.25) is 0 Å². The number of nitrogens with one attached hydrogen (secondary N) is 1. The molecule has 0 fully saturated rings. The average molecular weight is 208 g/mol. The van der Waals surface area contributed by atoms with Gasteiger partial charge in [-0.15, -0.1) is 0 Å². The molecular formula is C8H11F3N2O. The Morgan fingerprint density at radius 1 is 1.43 bits per heavy atom. The third kappa shape index (κ3) is 4.86. The summed E-state index contributed by atoms with van der Waals surface area (Å²) in [5.74, 6) is 0.622. The first-order valence-corrected chi connectivity index (χ1v) is 4.25. The number of aromatic nitrogens is 1. The Balaban J connectivity index is 2.00. The summed E-state index contributed by atoms with van der Waals surface area (Å²) >= 11 is 0. The van der Waals surface area contributed by atoms with Gasteiger partial charge in [0.05, 0.1) is 12.7 Å². The number of rotatable bonds is 5. The Kier molecular flexibility index (Phi) is 3.94. The quantitative estimate of drug-likeness (QED) is 0.753. The van der Waals surface area contributed by atoms with Gasteiger partial charge in [0, 0.05) is 12.5 Å². The van der Waals surface area contributed by atoms with Gasteiger partial charge in [-0.2, -0.15) is 13.2 Å². The van der Waals surface area contributed by atoms with Crippen molar-refractivity contribution in [2.24, 2.45) is 0 Å². The number of alkyl halides is 3. The van der Waals surface area contributed by atoms with E-state index in [2.05, 4.69) is 10.5 Å². The SMILES string of the molecule is FC(F)(F)CCCNCc1ccno1. The molecule has 0 saturated heterocycles. The molecule has 1 aromatic heterocycles. The molecule has 0 saturated carbocycles. The van der Waals surface area contributed by atoms with Crippen molar-refractivity contribution < 1.29 is 17.7 Å². The highest BCUT2D eigenvalue weighted by molar-refractivity contribution is 4.91. The molecule has 0 aliphatic heterocycles. The summed E-state index contributed by atoms with van der Waals surface area (Å²) in [4.78, 5) is 0. The highest BCUT2D eigenvalue weighted by Gasteiger charge is 2.25. The zero-order chi connectivity index (χ0) is 10.4. The molecule has 6 heteroatoms. The third-order valence-corrected chi connectivity index (χ3v) is 1.60. The first-order valence-electron chi connectivity index (χ1n) is 4.25. The molecule has 1 aromatic rings. The van der Waals surface area contributed by atoms with E-state index in [0.29, 0.717) is 18.8 Å². The van der Waals surface area contributed by atoms with Crippen molar-refractivity contribution in [2.75, 3.05) is 6.54 Å². The zero-order valence-electron chi connectivity index (χ0n) is 7.47. The summed E-state index contributed by atoms with van der Waals surface area (Å²) in [6.07, 6.45) is -3.24. The standard InChI is InChI=1S/C8H11F3N2O/c9-8(10,11)3-1-4-12-6-7-2-5-13-14-7/h2,5,12H,1,3-4,6H2. The van der Waals surface area contributed by atoms with Crippen LogP contribution in [0.5, 0.6) is 0 Å². The largest absolute Gasteiger partial charge is 0.389 e. The highest BCUT2D eigenvalue weighted by atomic mass is 19.4. The molecule has 14 heavy (non-hydrogen) atoms. The summed E-state index contributed by atoms with van der Waals surface area (Å²) in [5, 5.41) is 6.29. The summed E-state index contributed by atoms with van der Waals surface area (Å²) in [5.41, 5.74) is 0. The van der Waals surface area contributed by atoms with Gasteiger partial charge < -0.3 is 9.84 Å². The molecule has 80 valence electrons. The van der Waals surface area contributed by atoms with Crippen LogP contribution in [0.4, 0.5) is 13.2 Å². The second-order valence-electron chi connectivity index (χ2n) is 2.87. The number of halogens is 3. The lowest BCUT2D eigenvalue weighted by Gasteiger charge is -2.05. The van der Waals surface area contributed by atoms with Crippen molar-refractivity contribution in [3.8, 4) is 0 Å². The average Bonchev–Trinajstić information content (AvgIpc) is 2.54. The number of nitrogens with zero attached hydrogens (tertiary/aromatic N) is 1. The second-order valence-corrected chi connectivity index (χ2v) is 2.87.